The Morgan fingerprint density at radius 2 is 2.06 bits per heavy atom. The minimum absolute atomic E-state index is 0.00750. The number of nitrogens with zero attached hydrogens (tertiary/aromatic N) is 1. The van der Waals surface area contributed by atoms with Gasteiger partial charge in [0.2, 0.25) is 0 Å². The number of rotatable bonds is 3. The Labute approximate surface area is 120 Å². The van der Waals surface area contributed by atoms with Crippen LogP contribution in [0.15, 0.2) is 38.4 Å². The first-order valence-electron chi connectivity index (χ1n) is 4.66. The van der Waals surface area contributed by atoms with Crippen molar-refractivity contribution in [1.29, 1.82) is 0 Å². The molecule has 18 heavy (non-hydrogen) atoms. The van der Waals surface area contributed by atoms with Crippen LogP contribution in [0, 0.1) is 0 Å². The van der Waals surface area contributed by atoms with E-state index in [-0.39, 0.29) is 10.6 Å². The number of hydrogen-bond donors (Lipinski definition) is 3. The van der Waals surface area contributed by atoms with E-state index in [0.717, 1.165) is 0 Å². The fourth-order valence-electron chi connectivity index (χ4n) is 1.38. The van der Waals surface area contributed by atoms with E-state index in [1.807, 2.05) is 0 Å². The summed E-state index contributed by atoms with van der Waals surface area (Å²) in [5.41, 5.74) is 6.22. The highest BCUT2D eigenvalue weighted by Gasteiger charge is 2.22. The highest BCUT2D eigenvalue weighted by Crippen LogP contribution is 2.32. The zero-order valence-electron chi connectivity index (χ0n) is 8.81. The van der Waals surface area contributed by atoms with Gasteiger partial charge in [0.25, 0.3) is 10.0 Å². The Hall–Kier alpha value is -1.06. The summed E-state index contributed by atoms with van der Waals surface area (Å²) in [7, 11) is -3.76. The topological polar surface area (TPSA) is 101 Å². The van der Waals surface area contributed by atoms with Crippen LogP contribution in [0.5, 0.6) is 0 Å². The van der Waals surface area contributed by atoms with Crippen LogP contribution in [-0.2, 0) is 10.0 Å². The van der Waals surface area contributed by atoms with Crippen LogP contribution >= 0.6 is 31.9 Å². The van der Waals surface area contributed by atoms with Crippen molar-refractivity contribution >= 4 is 53.3 Å². The quantitative estimate of drug-likeness (QED) is 0.694. The van der Waals surface area contributed by atoms with Crippen LogP contribution in [0.1, 0.15) is 0 Å². The van der Waals surface area contributed by atoms with Crippen molar-refractivity contribution in [2.24, 2.45) is 0 Å². The molecule has 0 radical (unpaired) electrons. The molecule has 0 saturated heterocycles. The van der Waals surface area contributed by atoms with Crippen LogP contribution in [0.4, 0.5) is 11.4 Å². The van der Waals surface area contributed by atoms with Gasteiger partial charge in [-0.25, -0.2) is 8.42 Å². The Kier molecular flexibility index (Phi) is 3.64. The van der Waals surface area contributed by atoms with Gasteiger partial charge < -0.3 is 5.73 Å². The number of sulfonamides is 1. The summed E-state index contributed by atoms with van der Waals surface area (Å²) in [4.78, 5) is -0.00750. The van der Waals surface area contributed by atoms with Gasteiger partial charge in [-0.05, 0) is 28.1 Å². The maximum absolute atomic E-state index is 12.2. The fraction of sp³-hybridized carbons (Fsp3) is 0. The highest BCUT2D eigenvalue weighted by atomic mass is 79.9. The van der Waals surface area contributed by atoms with Crippen molar-refractivity contribution in [2.45, 2.75) is 4.90 Å². The van der Waals surface area contributed by atoms with E-state index in [4.69, 9.17) is 5.73 Å². The maximum Gasteiger partial charge on any atom is 0.265 e. The summed E-state index contributed by atoms with van der Waals surface area (Å²) in [6.45, 7) is 0. The van der Waals surface area contributed by atoms with E-state index < -0.39 is 10.0 Å². The van der Waals surface area contributed by atoms with Gasteiger partial charge in [0, 0.05) is 15.1 Å². The molecule has 1 heterocycles. The average molecular weight is 396 g/mol. The van der Waals surface area contributed by atoms with Gasteiger partial charge in [-0.3, -0.25) is 9.82 Å². The Morgan fingerprint density at radius 3 is 2.61 bits per heavy atom. The van der Waals surface area contributed by atoms with E-state index in [9.17, 15) is 8.42 Å². The SMILES string of the molecule is Nc1cc(Br)cc(Br)c1S(=O)(=O)Nc1cn[nH]c1. The van der Waals surface area contributed by atoms with Crippen LogP contribution in [0.3, 0.4) is 0 Å². The molecule has 4 N–H and O–H groups in total. The van der Waals surface area contributed by atoms with Crippen molar-refractivity contribution in [1.82, 2.24) is 10.2 Å². The average Bonchev–Trinajstić information content (AvgIpc) is 2.66. The van der Waals surface area contributed by atoms with Gasteiger partial charge in [-0.15, -0.1) is 0 Å². The molecule has 96 valence electrons. The molecule has 0 unspecified atom stereocenters. The summed E-state index contributed by atoms with van der Waals surface area (Å²) in [6, 6.07) is 3.13. The number of benzene rings is 1. The number of nitrogens with two attached hydrogens (primary N) is 1. The molecule has 0 spiro atoms. The molecule has 1 aromatic heterocycles. The highest BCUT2D eigenvalue weighted by molar-refractivity contribution is 9.11. The number of H-pyrrole nitrogens is 1. The molecule has 0 aliphatic heterocycles. The van der Waals surface area contributed by atoms with Crippen LogP contribution < -0.4 is 10.5 Å². The largest absolute Gasteiger partial charge is 0.398 e. The lowest BCUT2D eigenvalue weighted by atomic mass is 10.3. The molecular weight excluding hydrogens is 388 g/mol. The molecule has 2 rings (SSSR count). The molecular formula is C9H8Br2N4O2S. The van der Waals surface area contributed by atoms with Crippen molar-refractivity contribution in [3.63, 3.8) is 0 Å². The number of hydrogen-bond acceptors (Lipinski definition) is 4. The Morgan fingerprint density at radius 1 is 1.33 bits per heavy atom. The summed E-state index contributed by atoms with van der Waals surface area (Å²) in [5.74, 6) is 0. The minimum atomic E-state index is -3.76. The fourth-order valence-corrected chi connectivity index (χ4v) is 4.48. The monoisotopic (exact) mass is 394 g/mol. The molecule has 9 heteroatoms. The van der Waals surface area contributed by atoms with Crippen molar-refractivity contribution in [2.75, 3.05) is 10.5 Å². The van der Waals surface area contributed by atoms with Crippen LogP contribution in [0.2, 0.25) is 0 Å². The second-order valence-electron chi connectivity index (χ2n) is 3.40. The summed E-state index contributed by atoms with van der Waals surface area (Å²) in [5, 5.41) is 6.17. The number of anilines is 2. The summed E-state index contributed by atoms with van der Waals surface area (Å²) >= 11 is 6.42. The van der Waals surface area contributed by atoms with Gasteiger partial charge in [0.05, 0.1) is 17.6 Å². The van der Waals surface area contributed by atoms with E-state index in [1.165, 1.54) is 18.5 Å². The maximum atomic E-state index is 12.2. The molecule has 1 aromatic carbocycles. The van der Waals surface area contributed by atoms with Crippen molar-refractivity contribution < 1.29 is 8.42 Å². The molecule has 0 fully saturated rings. The molecule has 0 amide bonds. The van der Waals surface area contributed by atoms with E-state index >= 15 is 0 Å². The molecule has 0 aliphatic rings. The Bertz CT molecular complexity index is 647. The lowest BCUT2D eigenvalue weighted by molar-refractivity contribution is 0.601. The molecule has 6 nitrogen and oxygen atoms in total. The van der Waals surface area contributed by atoms with Crippen molar-refractivity contribution in [3.05, 3.63) is 33.5 Å². The van der Waals surface area contributed by atoms with Crippen LogP contribution in [-0.4, -0.2) is 18.6 Å². The predicted molar refractivity (Wildman–Crippen MR) is 75.7 cm³/mol. The van der Waals surface area contributed by atoms with E-state index in [2.05, 4.69) is 46.8 Å². The second-order valence-corrected chi connectivity index (χ2v) is 6.79. The first-order chi connectivity index (χ1) is 8.40. The second kappa shape index (κ2) is 4.90. The third kappa shape index (κ3) is 2.68. The third-order valence-corrected chi connectivity index (χ3v) is 4.90. The normalized spacial score (nSPS) is 11.4. The third-order valence-electron chi connectivity index (χ3n) is 2.06. The van der Waals surface area contributed by atoms with Gasteiger partial charge in [0.1, 0.15) is 4.90 Å². The van der Waals surface area contributed by atoms with Crippen LogP contribution in [0.25, 0.3) is 0 Å². The molecule has 0 aliphatic carbocycles. The van der Waals surface area contributed by atoms with Gasteiger partial charge in [0.15, 0.2) is 0 Å². The predicted octanol–water partition coefficient (Wildman–Crippen LogP) is 2.32. The zero-order chi connectivity index (χ0) is 13.3. The standard InChI is InChI=1S/C9H8Br2N4O2S/c10-5-1-7(11)9(8(12)2-5)18(16,17)15-6-3-13-14-4-6/h1-4,15H,12H2,(H,13,14). The molecule has 2 aromatic rings. The molecule has 0 atom stereocenters. The van der Waals surface area contributed by atoms with Gasteiger partial charge in [-0.1, -0.05) is 15.9 Å². The Balaban J connectivity index is 2.48. The molecule has 0 bridgehead atoms. The van der Waals surface area contributed by atoms with Gasteiger partial charge in [-0.2, -0.15) is 5.10 Å². The first kappa shape index (κ1) is 13.4. The van der Waals surface area contributed by atoms with Crippen molar-refractivity contribution in [3.8, 4) is 0 Å². The van der Waals surface area contributed by atoms with E-state index in [0.29, 0.717) is 14.6 Å². The number of halogens is 2. The lowest BCUT2D eigenvalue weighted by Crippen LogP contribution is -2.15. The number of aromatic nitrogens is 2. The lowest BCUT2D eigenvalue weighted by Gasteiger charge is -2.11. The first-order valence-corrected chi connectivity index (χ1v) is 7.73. The number of nitrogens with one attached hydrogen (secondary N) is 2. The number of aromatic amines is 1. The number of nitrogen functional groups attached to an aromatic ring is 1. The minimum Gasteiger partial charge on any atom is -0.398 e. The van der Waals surface area contributed by atoms with E-state index in [1.54, 1.807) is 6.07 Å². The molecule has 0 saturated carbocycles. The smallest absolute Gasteiger partial charge is 0.265 e. The van der Waals surface area contributed by atoms with Gasteiger partial charge >= 0.3 is 0 Å². The zero-order valence-corrected chi connectivity index (χ0v) is 12.8. The summed E-state index contributed by atoms with van der Waals surface area (Å²) < 4.78 is 27.8. The summed E-state index contributed by atoms with van der Waals surface area (Å²) in [6.07, 6.45) is 2.79.